The van der Waals surface area contributed by atoms with Gasteiger partial charge in [0.2, 0.25) is 5.79 Å². The van der Waals surface area contributed by atoms with E-state index in [0.717, 1.165) is 0 Å². The van der Waals surface area contributed by atoms with Gasteiger partial charge in [-0.3, -0.25) is 0 Å². The van der Waals surface area contributed by atoms with Gasteiger partial charge in [-0.15, -0.1) is 0 Å². The van der Waals surface area contributed by atoms with Crippen LogP contribution in [0.25, 0.3) is 0 Å². The Morgan fingerprint density at radius 2 is 1.53 bits per heavy atom. The van der Waals surface area contributed by atoms with Crippen LogP contribution >= 0.6 is 0 Å². The van der Waals surface area contributed by atoms with Gasteiger partial charge < -0.3 is 45.2 Å². The molecule has 112 valence electrons. The molecule has 0 radical (unpaired) electrons. The van der Waals surface area contributed by atoms with Crippen LogP contribution in [-0.4, -0.2) is 91.1 Å². The lowest BCUT2D eigenvalue weighted by molar-refractivity contribution is -0.390. The molecule has 0 spiro atoms. The summed E-state index contributed by atoms with van der Waals surface area (Å²) in [7, 11) is 0. The fourth-order valence-electron chi connectivity index (χ4n) is 2.46. The summed E-state index contributed by atoms with van der Waals surface area (Å²) >= 11 is 0. The molecule has 0 aliphatic carbocycles. The van der Waals surface area contributed by atoms with Crippen molar-refractivity contribution in [2.24, 2.45) is 0 Å². The molecule has 2 aliphatic heterocycles. The average molecular weight is 282 g/mol. The molecule has 0 aromatic rings. The number of ether oxygens (including phenoxy) is 2. The van der Waals surface area contributed by atoms with Crippen LogP contribution < -0.4 is 0 Å². The number of aliphatic hydroxyl groups excluding tert-OH is 5. The Balaban J connectivity index is 2.25. The van der Waals surface area contributed by atoms with Crippen LogP contribution in [0.1, 0.15) is 6.42 Å². The van der Waals surface area contributed by atoms with E-state index < -0.39 is 61.7 Å². The molecule has 2 rings (SSSR count). The van der Waals surface area contributed by atoms with Crippen LogP contribution in [0.3, 0.4) is 0 Å². The Morgan fingerprint density at radius 1 is 0.947 bits per heavy atom. The van der Waals surface area contributed by atoms with Crippen LogP contribution in [0.2, 0.25) is 0 Å². The molecule has 2 heterocycles. The Hall–Kier alpha value is -0.360. The standard InChI is InChI=1S/C10H18O9/c11-2-5-4(13)1-9(16,18-5)10(17)8(15)7(14)6(3-12)19-10/h4-8,11-17H,1-3H2/t4-,5+,6+,7+,8+,9-,10-/m0/s1. The van der Waals surface area contributed by atoms with Crippen LogP contribution in [0.4, 0.5) is 0 Å². The molecular formula is C10H18O9. The zero-order valence-corrected chi connectivity index (χ0v) is 9.96. The first-order valence-corrected chi connectivity index (χ1v) is 5.85. The van der Waals surface area contributed by atoms with Gasteiger partial charge in [0.15, 0.2) is 0 Å². The molecule has 7 N–H and O–H groups in total. The van der Waals surface area contributed by atoms with E-state index >= 15 is 0 Å². The van der Waals surface area contributed by atoms with Crippen molar-refractivity contribution in [2.45, 2.75) is 48.5 Å². The van der Waals surface area contributed by atoms with E-state index in [9.17, 15) is 25.5 Å². The molecule has 0 aromatic carbocycles. The largest absolute Gasteiger partial charge is 0.394 e. The third kappa shape index (κ3) is 2.07. The van der Waals surface area contributed by atoms with Gasteiger partial charge in [0, 0.05) is 6.42 Å². The van der Waals surface area contributed by atoms with Gasteiger partial charge in [-0.05, 0) is 0 Å². The minimum absolute atomic E-state index is 0.531. The molecule has 7 atom stereocenters. The zero-order valence-electron chi connectivity index (χ0n) is 9.96. The van der Waals surface area contributed by atoms with Gasteiger partial charge in [0.25, 0.3) is 5.79 Å². The summed E-state index contributed by atoms with van der Waals surface area (Å²) in [6.45, 7) is -1.30. The second kappa shape index (κ2) is 4.88. The SMILES string of the molecule is OC[C@H]1O[C@](O)([C@]2(O)C[C@H](O)[C@@H](CO)O2)[C@H](O)[C@@H]1O. The fraction of sp³-hybridized carbons (Fsp3) is 1.00. The second-order valence-corrected chi connectivity index (χ2v) is 4.87. The Kier molecular flexibility index (Phi) is 3.86. The second-order valence-electron chi connectivity index (χ2n) is 4.87. The summed E-state index contributed by atoms with van der Waals surface area (Å²) in [5.41, 5.74) is 0. The highest BCUT2D eigenvalue weighted by Gasteiger charge is 2.68. The highest BCUT2D eigenvalue weighted by molar-refractivity contribution is 5.06. The maximum Gasteiger partial charge on any atom is 0.251 e. The molecule has 0 amide bonds. The minimum Gasteiger partial charge on any atom is -0.394 e. The smallest absolute Gasteiger partial charge is 0.251 e. The average Bonchev–Trinajstić information content (AvgIpc) is 2.80. The highest BCUT2D eigenvalue weighted by atomic mass is 16.7. The molecule has 0 unspecified atom stereocenters. The summed E-state index contributed by atoms with van der Waals surface area (Å²) in [5.74, 6) is -5.23. The van der Waals surface area contributed by atoms with Crippen LogP contribution in [0.5, 0.6) is 0 Å². The van der Waals surface area contributed by atoms with Crippen molar-refractivity contribution in [2.75, 3.05) is 13.2 Å². The third-order valence-corrected chi connectivity index (χ3v) is 3.62. The molecule has 19 heavy (non-hydrogen) atoms. The Morgan fingerprint density at radius 3 is 1.95 bits per heavy atom. The van der Waals surface area contributed by atoms with Gasteiger partial charge in [0.1, 0.15) is 24.4 Å². The van der Waals surface area contributed by atoms with E-state index in [1.807, 2.05) is 0 Å². The maximum absolute atomic E-state index is 10.2. The van der Waals surface area contributed by atoms with E-state index in [1.54, 1.807) is 0 Å². The summed E-state index contributed by atoms with van der Waals surface area (Å²) in [6.07, 6.45) is -7.85. The summed E-state index contributed by atoms with van der Waals surface area (Å²) < 4.78 is 9.83. The quantitative estimate of drug-likeness (QED) is 0.271. The first-order valence-electron chi connectivity index (χ1n) is 5.85. The number of hydrogen-bond acceptors (Lipinski definition) is 9. The van der Waals surface area contributed by atoms with Crippen molar-refractivity contribution in [3.05, 3.63) is 0 Å². The van der Waals surface area contributed by atoms with E-state index in [1.165, 1.54) is 0 Å². The molecular weight excluding hydrogens is 264 g/mol. The van der Waals surface area contributed by atoms with Gasteiger partial charge in [0.05, 0.1) is 19.3 Å². The maximum atomic E-state index is 10.2. The topological polar surface area (TPSA) is 160 Å². The van der Waals surface area contributed by atoms with Crippen molar-refractivity contribution in [1.82, 2.24) is 0 Å². The Labute approximate surface area is 108 Å². The molecule has 2 fully saturated rings. The molecule has 0 aromatic heterocycles. The molecule has 9 nitrogen and oxygen atoms in total. The van der Waals surface area contributed by atoms with Gasteiger partial charge in [-0.1, -0.05) is 0 Å². The predicted octanol–water partition coefficient (Wildman–Crippen LogP) is -4.38. The fourth-order valence-corrected chi connectivity index (χ4v) is 2.46. The van der Waals surface area contributed by atoms with Crippen molar-refractivity contribution < 1.29 is 45.2 Å². The van der Waals surface area contributed by atoms with Crippen LogP contribution in [0.15, 0.2) is 0 Å². The van der Waals surface area contributed by atoms with Crippen molar-refractivity contribution >= 4 is 0 Å². The first-order chi connectivity index (χ1) is 8.79. The first kappa shape index (κ1) is 15.0. The third-order valence-electron chi connectivity index (χ3n) is 3.62. The molecule has 2 saturated heterocycles. The molecule has 0 saturated carbocycles. The minimum atomic E-state index is -2.72. The number of aliphatic hydroxyl groups is 7. The molecule has 9 heteroatoms. The van der Waals surface area contributed by atoms with Crippen molar-refractivity contribution in [1.29, 1.82) is 0 Å². The lowest BCUT2D eigenvalue weighted by Gasteiger charge is -2.38. The lowest BCUT2D eigenvalue weighted by Crippen LogP contribution is -2.61. The van der Waals surface area contributed by atoms with Crippen molar-refractivity contribution in [3.63, 3.8) is 0 Å². The van der Waals surface area contributed by atoms with Crippen molar-refractivity contribution in [3.8, 4) is 0 Å². The summed E-state index contributed by atoms with van der Waals surface area (Å²) in [6, 6.07) is 0. The summed E-state index contributed by atoms with van der Waals surface area (Å²) in [4.78, 5) is 0. The highest BCUT2D eigenvalue weighted by Crippen LogP contribution is 2.44. The van der Waals surface area contributed by atoms with Gasteiger partial charge in [-0.2, -0.15) is 0 Å². The normalized spacial score (nSPS) is 54.8. The van der Waals surface area contributed by atoms with Crippen LogP contribution in [-0.2, 0) is 9.47 Å². The summed E-state index contributed by atoms with van der Waals surface area (Å²) in [5, 5.41) is 67.2. The van der Waals surface area contributed by atoms with E-state index in [0.29, 0.717) is 0 Å². The molecule has 0 bridgehead atoms. The van der Waals surface area contributed by atoms with Gasteiger partial charge >= 0.3 is 0 Å². The lowest BCUT2D eigenvalue weighted by atomic mass is 9.94. The van der Waals surface area contributed by atoms with E-state index in [-0.39, 0.29) is 0 Å². The monoisotopic (exact) mass is 282 g/mol. The van der Waals surface area contributed by atoms with E-state index in [2.05, 4.69) is 0 Å². The van der Waals surface area contributed by atoms with Gasteiger partial charge in [-0.25, -0.2) is 0 Å². The van der Waals surface area contributed by atoms with Crippen LogP contribution in [0, 0.1) is 0 Å². The Bertz CT molecular complexity index is 339. The number of rotatable bonds is 3. The molecule has 2 aliphatic rings. The van der Waals surface area contributed by atoms with E-state index in [4.69, 9.17) is 19.7 Å². The zero-order chi connectivity index (χ0) is 14.4. The number of hydrogen-bond donors (Lipinski definition) is 7. The predicted molar refractivity (Wildman–Crippen MR) is 56.5 cm³/mol.